The zero-order chi connectivity index (χ0) is 15.6. The van der Waals surface area contributed by atoms with Crippen molar-refractivity contribution in [3.8, 4) is 0 Å². The van der Waals surface area contributed by atoms with Crippen LogP contribution in [0.2, 0.25) is 0 Å². The SMILES string of the molecule is CCn1cc(S(=O)(=O)NCC(C)(CC)C(=O)O)nc1C. The second-order valence-corrected chi connectivity index (χ2v) is 6.67. The molecule has 0 saturated heterocycles. The predicted molar refractivity (Wildman–Crippen MR) is 73.9 cm³/mol. The molecule has 1 rings (SSSR count). The van der Waals surface area contributed by atoms with Crippen molar-refractivity contribution in [1.82, 2.24) is 14.3 Å². The van der Waals surface area contributed by atoms with Crippen LogP contribution in [-0.2, 0) is 21.4 Å². The number of sulfonamides is 1. The summed E-state index contributed by atoms with van der Waals surface area (Å²) >= 11 is 0. The molecule has 0 amide bonds. The summed E-state index contributed by atoms with van der Waals surface area (Å²) in [7, 11) is -3.79. The van der Waals surface area contributed by atoms with Gasteiger partial charge in [0.25, 0.3) is 10.0 Å². The number of carbonyl (C=O) groups is 1. The summed E-state index contributed by atoms with van der Waals surface area (Å²) in [6.07, 6.45) is 1.77. The minimum atomic E-state index is -3.79. The summed E-state index contributed by atoms with van der Waals surface area (Å²) in [5.74, 6) is -0.428. The van der Waals surface area contributed by atoms with Crippen LogP contribution in [0.5, 0.6) is 0 Å². The zero-order valence-corrected chi connectivity index (χ0v) is 13.0. The van der Waals surface area contributed by atoms with Gasteiger partial charge < -0.3 is 9.67 Å². The van der Waals surface area contributed by atoms with Gasteiger partial charge in [0.15, 0.2) is 5.03 Å². The van der Waals surface area contributed by atoms with E-state index in [2.05, 4.69) is 9.71 Å². The first kappa shape index (κ1) is 16.6. The van der Waals surface area contributed by atoms with Gasteiger partial charge in [-0.2, -0.15) is 0 Å². The number of aliphatic carboxylic acids is 1. The van der Waals surface area contributed by atoms with Gasteiger partial charge in [0.05, 0.1) is 5.41 Å². The second kappa shape index (κ2) is 5.92. The largest absolute Gasteiger partial charge is 0.481 e. The fraction of sp³-hybridized carbons (Fsp3) is 0.667. The third-order valence-corrected chi connectivity index (χ3v) is 4.79. The van der Waals surface area contributed by atoms with Crippen LogP contribution in [-0.4, -0.2) is 35.6 Å². The molecule has 0 radical (unpaired) electrons. The Bertz CT molecular complexity index is 594. The lowest BCUT2D eigenvalue weighted by atomic mass is 9.88. The van der Waals surface area contributed by atoms with Gasteiger partial charge >= 0.3 is 5.97 Å². The van der Waals surface area contributed by atoms with Gasteiger partial charge in [0.2, 0.25) is 0 Å². The summed E-state index contributed by atoms with van der Waals surface area (Å²) in [4.78, 5) is 15.1. The molecule has 0 saturated carbocycles. The first-order valence-corrected chi connectivity index (χ1v) is 7.91. The molecule has 0 spiro atoms. The molecule has 0 aromatic carbocycles. The summed E-state index contributed by atoms with van der Waals surface area (Å²) in [5.41, 5.74) is -1.13. The Morgan fingerprint density at radius 3 is 2.50 bits per heavy atom. The topological polar surface area (TPSA) is 101 Å². The number of aryl methyl sites for hydroxylation is 2. The maximum atomic E-state index is 12.1. The number of aromatic nitrogens is 2. The van der Waals surface area contributed by atoms with E-state index in [1.165, 1.54) is 13.1 Å². The molecule has 20 heavy (non-hydrogen) atoms. The molecule has 1 aromatic rings. The fourth-order valence-electron chi connectivity index (χ4n) is 1.61. The minimum Gasteiger partial charge on any atom is -0.481 e. The molecule has 0 fully saturated rings. The Morgan fingerprint density at radius 2 is 2.10 bits per heavy atom. The van der Waals surface area contributed by atoms with Crippen molar-refractivity contribution >= 4 is 16.0 Å². The molecule has 0 aliphatic carbocycles. The lowest BCUT2D eigenvalue weighted by Crippen LogP contribution is -2.40. The zero-order valence-electron chi connectivity index (χ0n) is 12.2. The normalized spacial score (nSPS) is 15.0. The number of carboxylic acid groups (broad SMARTS) is 1. The Labute approximate surface area is 119 Å². The molecule has 0 aliphatic rings. The number of carboxylic acids is 1. The van der Waals surface area contributed by atoms with Crippen LogP contribution in [0.1, 0.15) is 33.0 Å². The molecule has 1 heterocycles. The Morgan fingerprint density at radius 1 is 1.50 bits per heavy atom. The van der Waals surface area contributed by atoms with E-state index in [9.17, 15) is 13.2 Å². The van der Waals surface area contributed by atoms with Crippen molar-refractivity contribution < 1.29 is 18.3 Å². The van der Waals surface area contributed by atoms with E-state index >= 15 is 0 Å². The summed E-state index contributed by atoms with van der Waals surface area (Å²) in [6.45, 7) is 7.27. The molecule has 0 aliphatic heterocycles. The number of nitrogens with zero attached hydrogens (tertiary/aromatic N) is 2. The average molecular weight is 303 g/mol. The average Bonchev–Trinajstić information content (AvgIpc) is 2.78. The Kier molecular flexibility index (Phi) is 4.93. The van der Waals surface area contributed by atoms with Gasteiger partial charge in [-0.25, -0.2) is 18.1 Å². The first-order chi connectivity index (χ1) is 9.16. The smallest absolute Gasteiger partial charge is 0.310 e. The van der Waals surface area contributed by atoms with Gasteiger partial charge in [-0.3, -0.25) is 4.79 Å². The van der Waals surface area contributed by atoms with Crippen molar-refractivity contribution in [3.63, 3.8) is 0 Å². The number of hydrogen-bond acceptors (Lipinski definition) is 4. The maximum Gasteiger partial charge on any atom is 0.310 e. The minimum absolute atomic E-state index is 0.0827. The second-order valence-electron chi connectivity index (χ2n) is 4.96. The van der Waals surface area contributed by atoms with Crippen LogP contribution in [0.25, 0.3) is 0 Å². The molecule has 0 bridgehead atoms. The fourth-order valence-corrected chi connectivity index (χ4v) is 2.78. The third kappa shape index (κ3) is 3.37. The third-order valence-electron chi connectivity index (χ3n) is 3.52. The first-order valence-electron chi connectivity index (χ1n) is 6.43. The van der Waals surface area contributed by atoms with Crippen LogP contribution in [0.3, 0.4) is 0 Å². The van der Waals surface area contributed by atoms with Gasteiger partial charge in [-0.1, -0.05) is 6.92 Å². The predicted octanol–water partition coefficient (Wildman–Crippen LogP) is 0.991. The molecule has 2 N–H and O–H groups in total. The van der Waals surface area contributed by atoms with E-state index in [4.69, 9.17) is 5.11 Å². The molecule has 8 heteroatoms. The molecule has 7 nitrogen and oxygen atoms in total. The van der Waals surface area contributed by atoms with Crippen LogP contribution < -0.4 is 4.72 Å². The van der Waals surface area contributed by atoms with Gasteiger partial charge in [0, 0.05) is 19.3 Å². The van der Waals surface area contributed by atoms with E-state index in [0.717, 1.165) is 0 Å². The van der Waals surface area contributed by atoms with Crippen LogP contribution in [0.15, 0.2) is 11.2 Å². The maximum absolute atomic E-state index is 12.1. The molecule has 1 unspecified atom stereocenters. The van der Waals surface area contributed by atoms with Gasteiger partial charge in [-0.05, 0) is 27.2 Å². The Balaban J connectivity index is 2.93. The monoisotopic (exact) mass is 303 g/mol. The molecule has 1 aromatic heterocycles. The van der Waals surface area contributed by atoms with E-state index in [-0.39, 0.29) is 11.6 Å². The number of nitrogens with one attached hydrogen (secondary N) is 1. The van der Waals surface area contributed by atoms with Gasteiger partial charge in [-0.15, -0.1) is 0 Å². The highest BCUT2D eigenvalue weighted by atomic mass is 32.2. The van der Waals surface area contributed by atoms with Crippen molar-refractivity contribution in [2.24, 2.45) is 5.41 Å². The summed E-state index contributed by atoms with van der Waals surface area (Å²) < 4.78 is 28.3. The lowest BCUT2D eigenvalue weighted by Gasteiger charge is -2.22. The van der Waals surface area contributed by atoms with Crippen LogP contribution in [0.4, 0.5) is 0 Å². The quantitative estimate of drug-likeness (QED) is 0.782. The van der Waals surface area contributed by atoms with Crippen molar-refractivity contribution in [2.45, 2.75) is 45.7 Å². The van der Waals surface area contributed by atoms with E-state index in [1.54, 1.807) is 18.4 Å². The van der Waals surface area contributed by atoms with E-state index in [1.807, 2.05) is 6.92 Å². The number of hydrogen-bond donors (Lipinski definition) is 2. The Hall–Kier alpha value is -1.41. The number of imidazole rings is 1. The highest BCUT2D eigenvalue weighted by Gasteiger charge is 2.33. The van der Waals surface area contributed by atoms with Crippen LogP contribution >= 0.6 is 0 Å². The molecular weight excluding hydrogens is 282 g/mol. The van der Waals surface area contributed by atoms with Crippen LogP contribution in [0, 0.1) is 12.3 Å². The van der Waals surface area contributed by atoms with Crippen molar-refractivity contribution in [1.29, 1.82) is 0 Å². The molecular formula is C12H21N3O4S. The lowest BCUT2D eigenvalue weighted by molar-refractivity contribution is -0.147. The van der Waals surface area contributed by atoms with Crippen molar-refractivity contribution in [3.05, 3.63) is 12.0 Å². The van der Waals surface area contributed by atoms with Gasteiger partial charge in [0.1, 0.15) is 5.82 Å². The number of rotatable bonds is 7. The van der Waals surface area contributed by atoms with E-state index < -0.39 is 21.4 Å². The van der Waals surface area contributed by atoms with Crippen molar-refractivity contribution in [2.75, 3.05) is 6.54 Å². The van der Waals surface area contributed by atoms with E-state index in [0.29, 0.717) is 18.8 Å². The summed E-state index contributed by atoms with van der Waals surface area (Å²) in [6, 6.07) is 0. The molecule has 114 valence electrons. The highest BCUT2D eigenvalue weighted by Crippen LogP contribution is 2.21. The standard InChI is InChI=1S/C12H21N3O4S/c1-5-12(4,11(16)17)8-13-20(18,19)10-7-15(6-2)9(3)14-10/h7,13H,5-6,8H2,1-4H3,(H,16,17). The summed E-state index contributed by atoms with van der Waals surface area (Å²) in [5, 5.41) is 9.05. The molecule has 1 atom stereocenters. The highest BCUT2D eigenvalue weighted by molar-refractivity contribution is 7.89.